The summed E-state index contributed by atoms with van der Waals surface area (Å²) < 4.78 is 0. The predicted octanol–water partition coefficient (Wildman–Crippen LogP) is 6.96. The monoisotopic (exact) mass is 613 g/mol. The van der Waals surface area contributed by atoms with Crippen molar-refractivity contribution in [3.05, 3.63) is 131 Å². The minimum absolute atomic E-state index is 0.000242. The fourth-order valence-electron chi connectivity index (χ4n) is 3.94. The van der Waals surface area contributed by atoms with E-state index in [1.807, 2.05) is 13.0 Å². The molecule has 4 N–H and O–H groups in total. The first-order valence-corrected chi connectivity index (χ1v) is 14.5. The van der Waals surface area contributed by atoms with Crippen LogP contribution in [0.5, 0.6) is 0 Å². The maximum absolute atomic E-state index is 13.4. The molecule has 218 valence electrons. The van der Waals surface area contributed by atoms with Crippen molar-refractivity contribution in [1.82, 2.24) is 5.32 Å². The van der Waals surface area contributed by atoms with E-state index in [0.717, 1.165) is 4.90 Å². The second kappa shape index (κ2) is 14.9. The molecular formula is C33H28ClN3O5S. The number of nitrogens with one attached hydrogen (secondary N) is 3. The first-order chi connectivity index (χ1) is 20.7. The van der Waals surface area contributed by atoms with E-state index >= 15 is 0 Å². The second-order valence-corrected chi connectivity index (χ2v) is 11.0. The number of benzene rings is 4. The van der Waals surface area contributed by atoms with Gasteiger partial charge in [-0.05, 0) is 78.7 Å². The summed E-state index contributed by atoms with van der Waals surface area (Å²) in [5.41, 5.74) is 2.03. The summed E-state index contributed by atoms with van der Waals surface area (Å²) in [6.07, 6.45) is 2.04. The Balaban J connectivity index is 1.49. The molecule has 1 atom stereocenters. The summed E-state index contributed by atoms with van der Waals surface area (Å²) in [6, 6.07) is 28.5. The number of carbonyl (C=O) groups excluding carboxylic acids is 3. The third-order valence-corrected chi connectivity index (χ3v) is 7.87. The van der Waals surface area contributed by atoms with Crippen LogP contribution >= 0.6 is 23.4 Å². The van der Waals surface area contributed by atoms with Crippen LogP contribution in [-0.2, 0) is 9.59 Å². The van der Waals surface area contributed by atoms with Crippen LogP contribution in [0.3, 0.4) is 0 Å². The van der Waals surface area contributed by atoms with Crippen molar-refractivity contribution in [3.8, 4) is 0 Å². The fourth-order valence-corrected chi connectivity index (χ4v) is 5.14. The van der Waals surface area contributed by atoms with E-state index in [1.165, 1.54) is 30.0 Å². The molecule has 0 saturated heterocycles. The summed E-state index contributed by atoms with van der Waals surface area (Å²) in [4.78, 5) is 51.1. The van der Waals surface area contributed by atoms with Crippen LogP contribution in [-0.4, -0.2) is 34.0 Å². The Bertz CT molecular complexity index is 1660. The highest BCUT2D eigenvalue weighted by Crippen LogP contribution is 2.29. The molecule has 0 aliphatic heterocycles. The second-order valence-electron chi connectivity index (χ2n) is 9.27. The Labute approximate surface area is 258 Å². The van der Waals surface area contributed by atoms with Gasteiger partial charge in [0, 0.05) is 26.9 Å². The van der Waals surface area contributed by atoms with E-state index in [0.29, 0.717) is 33.9 Å². The molecule has 0 spiro atoms. The molecule has 0 bridgehead atoms. The molecule has 0 fully saturated rings. The molecular weight excluding hydrogens is 586 g/mol. The third kappa shape index (κ3) is 8.81. The van der Waals surface area contributed by atoms with E-state index in [1.54, 1.807) is 84.9 Å². The van der Waals surface area contributed by atoms with Crippen LogP contribution in [0.25, 0.3) is 6.08 Å². The molecule has 43 heavy (non-hydrogen) atoms. The molecule has 8 nitrogen and oxygen atoms in total. The number of carbonyl (C=O) groups is 4. The van der Waals surface area contributed by atoms with E-state index in [4.69, 9.17) is 16.7 Å². The largest absolute Gasteiger partial charge is 0.478 e. The van der Waals surface area contributed by atoms with Crippen molar-refractivity contribution in [2.45, 2.75) is 23.5 Å². The van der Waals surface area contributed by atoms with Gasteiger partial charge in [-0.3, -0.25) is 14.4 Å². The smallest absolute Gasteiger partial charge is 0.335 e. The number of carboxylic acid groups (broad SMARTS) is 1. The third-order valence-electron chi connectivity index (χ3n) is 6.17. The summed E-state index contributed by atoms with van der Waals surface area (Å²) in [5.74, 6) is -2.29. The molecule has 4 aromatic rings. The van der Waals surface area contributed by atoms with Crippen LogP contribution in [0, 0.1) is 0 Å². The lowest BCUT2D eigenvalue weighted by Gasteiger charge is -2.16. The summed E-state index contributed by atoms with van der Waals surface area (Å²) in [6.45, 7) is 1.89. The average Bonchev–Trinajstić information content (AvgIpc) is 3.01. The number of hydrogen-bond donors (Lipinski definition) is 4. The van der Waals surface area contributed by atoms with Crippen LogP contribution in [0.4, 0.5) is 11.4 Å². The molecule has 0 aliphatic carbocycles. The zero-order valence-corrected chi connectivity index (χ0v) is 24.6. The topological polar surface area (TPSA) is 125 Å². The van der Waals surface area contributed by atoms with Gasteiger partial charge < -0.3 is 21.1 Å². The van der Waals surface area contributed by atoms with Crippen LogP contribution < -0.4 is 16.0 Å². The van der Waals surface area contributed by atoms with E-state index < -0.39 is 23.0 Å². The molecule has 0 radical (unpaired) electrons. The normalized spacial score (nSPS) is 11.7. The SMILES string of the molecule is CCC(Sc1cccc(NC(=O)/C(=C\c2ccccc2Cl)NC(=O)c2ccccc2)c1)C(=O)Nc1ccc(C(=O)O)cc1. The van der Waals surface area contributed by atoms with Crippen molar-refractivity contribution in [2.24, 2.45) is 0 Å². The zero-order valence-electron chi connectivity index (χ0n) is 23.0. The van der Waals surface area contributed by atoms with Crippen molar-refractivity contribution in [1.29, 1.82) is 0 Å². The summed E-state index contributed by atoms with van der Waals surface area (Å²) in [5, 5.41) is 17.4. The van der Waals surface area contributed by atoms with E-state index in [2.05, 4.69) is 16.0 Å². The van der Waals surface area contributed by atoms with Crippen molar-refractivity contribution < 1.29 is 24.3 Å². The Hall–Kier alpha value is -4.86. The van der Waals surface area contributed by atoms with Crippen molar-refractivity contribution in [3.63, 3.8) is 0 Å². The highest BCUT2D eigenvalue weighted by molar-refractivity contribution is 8.00. The number of hydrogen-bond acceptors (Lipinski definition) is 5. The maximum atomic E-state index is 13.4. The van der Waals surface area contributed by atoms with Gasteiger partial charge in [0.15, 0.2) is 0 Å². The number of rotatable bonds is 11. The summed E-state index contributed by atoms with van der Waals surface area (Å²) >= 11 is 7.64. The van der Waals surface area contributed by atoms with Gasteiger partial charge in [-0.25, -0.2) is 4.79 Å². The summed E-state index contributed by atoms with van der Waals surface area (Å²) in [7, 11) is 0. The molecule has 0 saturated carbocycles. The van der Waals surface area contributed by atoms with Gasteiger partial charge in [-0.2, -0.15) is 0 Å². The zero-order chi connectivity index (χ0) is 30.8. The Morgan fingerprint density at radius 3 is 2.19 bits per heavy atom. The quantitative estimate of drug-likeness (QED) is 0.107. The van der Waals surface area contributed by atoms with Crippen molar-refractivity contribution in [2.75, 3.05) is 10.6 Å². The lowest BCUT2D eigenvalue weighted by molar-refractivity contribution is -0.116. The number of carboxylic acids is 1. The molecule has 4 aromatic carbocycles. The van der Waals surface area contributed by atoms with Gasteiger partial charge in [0.05, 0.1) is 10.8 Å². The minimum Gasteiger partial charge on any atom is -0.478 e. The Kier molecular flexibility index (Phi) is 10.7. The van der Waals surface area contributed by atoms with Crippen molar-refractivity contribution >= 4 is 64.5 Å². The van der Waals surface area contributed by atoms with Crippen LogP contribution in [0.2, 0.25) is 5.02 Å². The van der Waals surface area contributed by atoms with Crippen LogP contribution in [0.1, 0.15) is 39.6 Å². The highest BCUT2D eigenvalue weighted by atomic mass is 35.5. The highest BCUT2D eigenvalue weighted by Gasteiger charge is 2.20. The van der Waals surface area contributed by atoms with Gasteiger partial charge in [-0.1, -0.05) is 61.0 Å². The fraction of sp³-hybridized carbons (Fsp3) is 0.0909. The lowest BCUT2D eigenvalue weighted by atomic mass is 10.1. The van der Waals surface area contributed by atoms with Gasteiger partial charge >= 0.3 is 5.97 Å². The predicted molar refractivity (Wildman–Crippen MR) is 170 cm³/mol. The Morgan fingerprint density at radius 2 is 1.51 bits per heavy atom. The molecule has 0 aromatic heterocycles. The van der Waals surface area contributed by atoms with Crippen LogP contribution in [0.15, 0.2) is 114 Å². The molecule has 0 aliphatic rings. The standard InChI is InChI=1S/C33H28ClN3O5S/c1-2-29(32(40)35-24-17-15-22(16-18-24)33(41)42)43-26-13-8-12-25(20-26)36-31(39)28(19-23-11-6-7-14-27(23)34)37-30(38)21-9-4-3-5-10-21/h3-20,29H,2H2,1H3,(H,35,40)(H,36,39)(H,37,38)(H,41,42)/b28-19+. The van der Waals surface area contributed by atoms with Gasteiger partial charge in [0.2, 0.25) is 5.91 Å². The average molecular weight is 614 g/mol. The molecule has 4 rings (SSSR count). The molecule has 3 amide bonds. The van der Waals surface area contributed by atoms with E-state index in [-0.39, 0.29) is 17.2 Å². The minimum atomic E-state index is -1.04. The number of halogens is 1. The molecule has 1 unspecified atom stereocenters. The van der Waals surface area contributed by atoms with Gasteiger partial charge in [-0.15, -0.1) is 11.8 Å². The van der Waals surface area contributed by atoms with E-state index in [9.17, 15) is 19.2 Å². The molecule has 10 heteroatoms. The lowest BCUT2D eigenvalue weighted by Crippen LogP contribution is -2.30. The van der Waals surface area contributed by atoms with Gasteiger partial charge in [0.25, 0.3) is 11.8 Å². The van der Waals surface area contributed by atoms with Gasteiger partial charge in [0.1, 0.15) is 5.70 Å². The first kappa shape index (κ1) is 31.1. The Morgan fingerprint density at radius 1 is 0.814 bits per heavy atom. The number of anilines is 2. The first-order valence-electron chi connectivity index (χ1n) is 13.3. The number of amides is 3. The number of thioether (sulfide) groups is 1. The molecule has 0 heterocycles. The number of aromatic carboxylic acids is 1. The maximum Gasteiger partial charge on any atom is 0.335 e.